The smallest absolute Gasteiger partial charge is 0.240 e. The lowest BCUT2D eigenvalue weighted by Crippen LogP contribution is -2.50. The summed E-state index contributed by atoms with van der Waals surface area (Å²) in [6.07, 6.45) is 31.8. The molecule has 6 amide bonds. The van der Waals surface area contributed by atoms with Crippen LogP contribution in [0.2, 0.25) is 0 Å². The Kier molecular flexibility index (Phi) is 40.4. The number of ether oxygens (including phenoxy) is 5. The SMILES string of the molecule is CNC1C(=O)N(CC2CCCCCO2)CCCC1C.CNC1C(=O)N(CC2CCCCCS2)CCCC1C.CNC1C(=O)N(CC2CCCCO2)CCCC1C.CNC1C(=O)N(CC2CCCO2)CCCC1C.CNC1C(=O)N(CC2CCO2)CCCC1C.CNC1C(=O)N(CC2CO2)CCCC1C. The van der Waals surface area contributed by atoms with Crippen molar-refractivity contribution in [1.29, 1.82) is 0 Å². The molecule has 24 heteroatoms. The van der Waals surface area contributed by atoms with E-state index in [1.165, 1.54) is 63.5 Å². The highest BCUT2D eigenvalue weighted by molar-refractivity contribution is 7.99. The minimum absolute atomic E-state index is 0.00810. The number of likely N-dealkylation sites (N-methyl/N-ethyl adjacent to an activating group) is 6. The van der Waals surface area contributed by atoms with Gasteiger partial charge in [-0.05, 0) is 225 Å². The van der Waals surface area contributed by atoms with Gasteiger partial charge in [0.15, 0.2) is 0 Å². The molecule has 12 aliphatic rings. The topological polar surface area (TPSA) is 243 Å². The monoisotopic (exact) mass is 1490 g/mol. The van der Waals surface area contributed by atoms with Crippen molar-refractivity contribution in [3.63, 3.8) is 0 Å². The molecule has 0 bridgehead atoms. The number of rotatable bonds is 18. The lowest BCUT2D eigenvalue weighted by molar-refractivity contribution is -0.139. The zero-order valence-electron chi connectivity index (χ0n) is 67.1. The molecular weight excluding hydrogens is 1340 g/mol. The fraction of sp³-hybridized carbons (Fsp3) is 0.925. The van der Waals surface area contributed by atoms with Gasteiger partial charge in [0.2, 0.25) is 35.4 Å². The van der Waals surface area contributed by atoms with Crippen LogP contribution in [0.15, 0.2) is 0 Å². The Hall–Kier alpha value is -3.27. The van der Waals surface area contributed by atoms with Crippen LogP contribution in [-0.4, -0.2) is 296 Å². The van der Waals surface area contributed by atoms with Crippen molar-refractivity contribution in [2.45, 2.75) is 281 Å². The van der Waals surface area contributed by atoms with Crippen molar-refractivity contribution in [2.24, 2.45) is 35.5 Å². The fourth-order valence-electron chi connectivity index (χ4n) is 17.5. The van der Waals surface area contributed by atoms with E-state index in [1.807, 2.05) is 66.8 Å². The van der Waals surface area contributed by atoms with E-state index in [1.54, 1.807) is 0 Å². The average Bonchev–Trinajstić information content (AvgIpc) is 1.67. The maximum atomic E-state index is 12.6. The molecule has 18 unspecified atom stereocenters. The molecule has 12 saturated heterocycles. The number of thioether (sulfide) groups is 1. The van der Waals surface area contributed by atoms with E-state index >= 15 is 0 Å². The molecule has 0 aromatic carbocycles. The van der Waals surface area contributed by atoms with Gasteiger partial charge >= 0.3 is 0 Å². The summed E-state index contributed by atoms with van der Waals surface area (Å²) >= 11 is 2.08. The van der Waals surface area contributed by atoms with Gasteiger partial charge in [0.25, 0.3) is 0 Å². The summed E-state index contributed by atoms with van der Waals surface area (Å²) in [5.41, 5.74) is 0. The number of carbonyl (C=O) groups excluding carboxylic acids is 6. The maximum absolute atomic E-state index is 12.6. The molecule has 12 fully saturated rings. The van der Waals surface area contributed by atoms with E-state index in [0.717, 1.165) is 221 Å². The second kappa shape index (κ2) is 47.7. The molecule has 6 N–H and O–H groups in total. The Morgan fingerprint density at radius 1 is 0.279 bits per heavy atom. The van der Waals surface area contributed by atoms with Crippen molar-refractivity contribution in [3.05, 3.63) is 0 Å². The first kappa shape index (κ1) is 88.0. The minimum atomic E-state index is -0.0201. The van der Waals surface area contributed by atoms with E-state index in [9.17, 15) is 28.8 Å². The van der Waals surface area contributed by atoms with Crippen molar-refractivity contribution in [3.8, 4) is 0 Å². The van der Waals surface area contributed by atoms with Gasteiger partial charge in [-0.1, -0.05) is 67.2 Å². The maximum Gasteiger partial charge on any atom is 0.240 e. The highest BCUT2D eigenvalue weighted by atomic mass is 32.2. The van der Waals surface area contributed by atoms with Crippen molar-refractivity contribution in [1.82, 2.24) is 61.3 Å². The van der Waals surface area contributed by atoms with Gasteiger partial charge in [-0.2, -0.15) is 11.8 Å². The Labute approximate surface area is 633 Å². The number of hydrogen-bond acceptors (Lipinski definition) is 18. The second-order valence-corrected chi connectivity index (χ2v) is 34.0. The van der Waals surface area contributed by atoms with Crippen LogP contribution in [-0.2, 0) is 52.5 Å². The molecule has 23 nitrogen and oxygen atoms in total. The minimum Gasteiger partial charge on any atom is -0.376 e. The Bertz CT molecular complexity index is 2410. The van der Waals surface area contributed by atoms with E-state index in [0.29, 0.717) is 52.8 Å². The Morgan fingerprint density at radius 2 is 0.529 bits per heavy atom. The number of hydrogen-bond donors (Lipinski definition) is 6. The van der Waals surface area contributed by atoms with Crippen molar-refractivity contribution < 1.29 is 52.5 Å². The molecule has 0 aromatic rings. The van der Waals surface area contributed by atoms with Crippen LogP contribution >= 0.6 is 11.8 Å². The number of carbonyl (C=O) groups is 6. The quantitative estimate of drug-likeness (QED) is 0.0725. The number of nitrogens with zero attached hydrogens (tertiary/aromatic N) is 6. The van der Waals surface area contributed by atoms with Gasteiger partial charge in [-0.15, -0.1) is 0 Å². The van der Waals surface area contributed by atoms with Gasteiger partial charge in [0, 0.05) is 110 Å². The highest BCUT2D eigenvalue weighted by Gasteiger charge is 2.39. The normalized spacial score (nSPS) is 34.8. The Morgan fingerprint density at radius 3 is 0.808 bits per heavy atom. The molecule has 0 aromatic heterocycles. The molecular formula is C80H148N12O11S. The summed E-state index contributed by atoms with van der Waals surface area (Å²) in [6.45, 7) is 27.5. The number of epoxide rings is 1. The van der Waals surface area contributed by atoms with Crippen LogP contribution in [0.25, 0.3) is 0 Å². The zero-order chi connectivity index (χ0) is 74.9. The largest absolute Gasteiger partial charge is 0.376 e. The van der Waals surface area contributed by atoms with Crippen LogP contribution in [0, 0.1) is 35.5 Å². The highest BCUT2D eigenvalue weighted by Crippen LogP contribution is 2.30. The van der Waals surface area contributed by atoms with Crippen LogP contribution in [0.4, 0.5) is 0 Å². The predicted octanol–water partition coefficient (Wildman–Crippen LogP) is 7.57. The number of likely N-dealkylation sites (tertiary alicyclic amines) is 6. The summed E-state index contributed by atoms with van der Waals surface area (Å²) < 4.78 is 27.8. The summed E-state index contributed by atoms with van der Waals surface area (Å²) in [4.78, 5) is 86.6. The molecule has 0 radical (unpaired) electrons. The first-order chi connectivity index (χ1) is 50.3. The molecule has 0 spiro atoms. The summed E-state index contributed by atoms with van der Waals surface area (Å²) in [5.74, 6) is 5.52. The average molecular weight is 1490 g/mol. The predicted molar refractivity (Wildman–Crippen MR) is 417 cm³/mol. The van der Waals surface area contributed by atoms with E-state index in [2.05, 4.69) is 90.1 Å². The Balaban J connectivity index is 0.000000175. The molecule has 12 heterocycles. The molecule has 0 saturated carbocycles. The molecule has 12 aliphatic heterocycles. The van der Waals surface area contributed by atoms with Gasteiger partial charge in [-0.25, -0.2) is 0 Å². The van der Waals surface area contributed by atoms with E-state index in [4.69, 9.17) is 23.7 Å². The lowest BCUT2D eigenvalue weighted by atomic mass is 9.98. The molecule has 104 heavy (non-hydrogen) atoms. The second-order valence-electron chi connectivity index (χ2n) is 32.6. The van der Waals surface area contributed by atoms with Crippen molar-refractivity contribution >= 4 is 47.2 Å². The number of nitrogens with one attached hydrogen (secondary N) is 6. The van der Waals surface area contributed by atoms with E-state index in [-0.39, 0.29) is 90.2 Å². The third-order valence-electron chi connectivity index (χ3n) is 24.4. The van der Waals surface area contributed by atoms with Gasteiger partial charge in [0.1, 0.15) is 0 Å². The van der Waals surface area contributed by atoms with Crippen LogP contribution in [0.1, 0.15) is 208 Å². The molecule has 12 rings (SSSR count). The standard InChI is InChI=1S/C15H28N2O2.C15H28N2OS.C14H26N2O2.C13H24N2O2.C12H22N2O2.C11H20N2O2/c2*1-12-7-6-9-17(15(18)14(12)16-2)11-13-8-4-3-5-10-19-13;1-11-6-5-8-16(14(17)13(11)15-2)10-12-7-3-4-9-18-12;1-10-5-3-7-15(13(16)12(10)14-2)9-11-6-4-8-17-11;1-9-4-3-6-14(8-10-5-7-16-10)12(15)11(9)13-2;1-8-4-3-5-13(6-9-7-15-9)11(14)10(8)12-2/h2*12-14,16H,3-11H2,1-2H3;11-13,15H,3-10H2,1-2H3;10-12,14H,3-9H2,1-2H3;9-11,13H,3-8H2,1-2H3;8-10,12H,3-7H2,1-2H3. The third kappa shape index (κ3) is 28.2. The molecule has 18 atom stereocenters. The van der Waals surface area contributed by atoms with Crippen LogP contribution in [0.3, 0.4) is 0 Å². The zero-order valence-corrected chi connectivity index (χ0v) is 67.9. The first-order valence-corrected chi connectivity index (χ1v) is 42.8. The molecule has 600 valence electrons. The van der Waals surface area contributed by atoms with Gasteiger partial charge in [-0.3, -0.25) is 28.8 Å². The lowest BCUT2D eigenvalue weighted by Gasteiger charge is -2.33. The van der Waals surface area contributed by atoms with Crippen LogP contribution in [0.5, 0.6) is 0 Å². The fourth-order valence-corrected chi connectivity index (χ4v) is 18.9. The van der Waals surface area contributed by atoms with Crippen LogP contribution < -0.4 is 31.9 Å². The van der Waals surface area contributed by atoms with Gasteiger partial charge in [0.05, 0.1) is 73.4 Å². The number of amides is 6. The summed E-state index contributed by atoms with van der Waals surface area (Å²) in [7, 11) is 11.3. The third-order valence-corrected chi connectivity index (χ3v) is 25.7. The van der Waals surface area contributed by atoms with Crippen molar-refractivity contribution in [2.75, 3.05) is 160 Å². The molecule has 0 aliphatic carbocycles. The summed E-state index contributed by atoms with van der Waals surface area (Å²) in [6, 6.07) is -0.0459. The van der Waals surface area contributed by atoms with E-state index < -0.39 is 0 Å². The summed E-state index contributed by atoms with van der Waals surface area (Å²) in [5, 5.41) is 19.7. The first-order valence-electron chi connectivity index (χ1n) is 41.8. The van der Waals surface area contributed by atoms with Gasteiger partial charge < -0.3 is 85.0 Å².